The first-order chi connectivity index (χ1) is 5.11. The van der Waals surface area contributed by atoms with Crippen LogP contribution in [0, 0.1) is 5.92 Å². The van der Waals surface area contributed by atoms with Crippen molar-refractivity contribution in [2.24, 2.45) is 5.92 Å². The van der Waals surface area contributed by atoms with E-state index in [4.69, 9.17) is 0 Å². The number of hydrogen-bond acceptors (Lipinski definition) is 2. The molecule has 0 radical (unpaired) electrons. The molecule has 11 heavy (non-hydrogen) atoms. The Balaban J connectivity index is 2.40. The Kier molecular flexibility index (Phi) is 2.90. The molecule has 66 valence electrons. The van der Waals surface area contributed by atoms with Gasteiger partial charge in [0.2, 0.25) is 0 Å². The number of β-amino-alcohol motifs (C(OH)–C–C–N with tert-alkyl or cyclic N) is 1. The highest BCUT2D eigenvalue weighted by Gasteiger charge is 2.25. The summed E-state index contributed by atoms with van der Waals surface area (Å²) in [6.07, 6.45) is 1.03. The first kappa shape index (κ1) is 9.01. The van der Waals surface area contributed by atoms with Gasteiger partial charge < -0.3 is 5.11 Å². The normalized spacial score (nSPS) is 34.6. The molecule has 1 aliphatic heterocycles. The van der Waals surface area contributed by atoms with Crippen LogP contribution < -0.4 is 0 Å². The predicted molar refractivity (Wildman–Crippen MR) is 46.5 cm³/mol. The Hall–Kier alpha value is -0.0800. The standard InChI is InChI=1S/C9H19NO/c1-7(2)10-5-4-8(3)9(11)6-10/h7-9,11H,4-6H2,1-3H3/t8-,9-/m0/s1. The molecule has 0 amide bonds. The summed E-state index contributed by atoms with van der Waals surface area (Å²) in [6.45, 7) is 8.50. The van der Waals surface area contributed by atoms with Gasteiger partial charge in [-0.3, -0.25) is 4.90 Å². The molecule has 1 heterocycles. The summed E-state index contributed by atoms with van der Waals surface area (Å²) >= 11 is 0. The Morgan fingerprint density at radius 3 is 2.55 bits per heavy atom. The lowest BCUT2D eigenvalue weighted by molar-refractivity contribution is 0.0164. The highest BCUT2D eigenvalue weighted by atomic mass is 16.3. The number of likely N-dealkylation sites (tertiary alicyclic amines) is 1. The van der Waals surface area contributed by atoms with Crippen molar-refractivity contribution in [2.45, 2.75) is 39.3 Å². The summed E-state index contributed by atoms with van der Waals surface area (Å²) in [5.74, 6) is 0.491. The lowest BCUT2D eigenvalue weighted by atomic mass is 9.95. The van der Waals surface area contributed by atoms with Gasteiger partial charge in [-0.2, -0.15) is 0 Å². The Bertz CT molecular complexity index is 125. The smallest absolute Gasteiger partial charge is 0.0693 e. The third-order valence-corrected chi connectivity index (χ3v) is 2.68. The minimum atomic E-state index is -0.105. The summed E-state index contributed by atoms with van der Waals surface area (Å²) in [5.41, 5.74) is 0. The second-order valence-electron chi connectivity index (χ2n) is 3.92. The molecule has 0 spiro atoms. The molecule has 0 bridgehead atoms. The number of aliphatic hydroxyl groups excluding tert-OH is 1. The lowest BCUT2D eigenvalue weighted by Gasteiger charge is -2.36. The van der Waals surface area contributed by atoms with Gasteiger partial charge in [-0.1, -0.05) is 6.92 Å². The predicted octanol–water partition coefficient (Wildman–Crippen LogP) is 1.10. The molecule has 0 aliphatic carbocycles. The van der Waals surface area contributed by atoms with Crippen LogP contribution >= 0.6 is 0 Å². The van der Waals surface area contributed by atoms with Gasteiger partial charge in [-0.05, 0) is 32.7 Å². The zero-order valence-corrected chi connectivity index (χ0v) is 7.75. The number of hydrogen-bond donors (Lipinski definition) is 1. The highest BCUT2D eigenvalue weighted by Crippen LogP contribution is 2.18. The van der Waals surface area contributed by atoms with E-state index in [9.17, 15) is 5.11 Å². The molecule has 0 aromatic heterocycles. The van der Waals surface area contributed by atoms with Crippen LogP contribution in [0.25, 0.3) is 0 Å². The van der Waals surface area contributed by atoms with Crippen molar-refractivity contribution in [3.05, 3.63) is 0 Å². The Labute approximate surface area is 69.2 Å². The van der Waals surface area contributed by atoms with Crippen molar-refractivity contribution in [3.8, 4) is 0 Å². The fourth-order valence-corrected chi connectivity index (χ4v) is 1.54. The molecular weight excluding hydrogens is 138 g/mol. The molecule has 0 aromatic rings. The van der Waals surface area contributed by atoms with E-state index < -0.39 is 0 Å². The molecule has 1 saturated heterocycles. The quantitative estimate of drug-likeness (QED) is 0.616. The van der Waals surface area contributed by atoms with E-state index in [0.717, 1.165) is 19.5 Å². The van der Waals surface area contributed by atoms with Gasteiger partial charge in [0.15, 0.2) is 0 Å². The van der Waals surface area contributed by atoms with Crippen LogP contribution in [0.5, 0.6) is 0 Å². The monoisotopic (exact) mass is 157 g/mol. The van der Waals surface area contributed by atoms with Crippen molar-refractivity contribution < 1.29 is 5.11 Å². The van der Waals surface area contributed by atoms with Crippen molar-refractivity contribution >= 4 is 0 Å². The van der Waals surface area contributed by atoms with Crippen molar-refractivity contribution in [3.63, 3.8) is 0 Å². The van der Waals surface area contributed by atoms with Crippen LogP contribution in [0.3, 0.4) is 0 Å². The lowest BCUT2D eigenvalue weighted by Crippen LogP contribution is -2.45. The van der Waals surface area contributed by atoms with E-state index in [0.29, 0.717) is 12.0 Å². The Morgan fingerprint density at radius 1 is 1.45 bits per heavy atom. The van der Waals surface area contributed by atoms with E-state index in [1.54, 1.807) is 0 Å². The summed E-state index contributed by atoms with van der Waals surface area (Å²) in [4.78, 5) is 2.34. The minimum Gasteiger partial charge on any atom is -0.392 e. The average molecular weight is 157 g/mol. The summed E-state index contributed by atoms with van der Waals surface area (Å²) < 4.78 is 0. The van der Waals surface area contributed by atoms with Crippen LogP contribution in [-0.4, -0.2) is 35.2 Å². The average Bonchev–Trinajstić information content (AvgIpc) is 1.94. The highest BCUT2D eigenvalue weighted by molar-refractivity contribution is 4.78. The molecule has 2 nitrogen and oxygen atoms in total. The molecule has 0 aromatic carbocycles. The van der Waals surface area contributed by atoms with Gasteiger partial charge >= 0.3 is 0 Å². The summed E-state index contributed by atoms with van der Waals surface area (Å²) in [6, 6.07) is 0.581. The fourth-order valence-electron chi connectivity index (χ4n) is 1.54. The van der Waals surface area contributed by atoms with E-state index in [-0.39, 0.29) is 6.10 Å². The van der Waals surface area contributed by atoms with Gasteiger partial charge in [0.25, 0.3) is 0 Å². The van der Waals surface area contributed by atoms with Gasteiger partial charge in [-0.15, -0.1) is 0 Å². The minimum absolute atomic E-state index is 0.105. The first-order valence-corrected chi connectivity index (χ1v) is 4.53. The van der Waals surface area contributed by atoms with E-state index in [2.05, 4.69) is 25.7 Å². The first-order valence-electron chi connectivity index (χ1n) is 4.53. The maximum absolute atomic E-state index is 9.56. The third-order valence-electron chi connectivity index (χ3n) is 2.68. The molecule has 0 saturated carbocycles. The van der Waals surface area contributed by atoms with Crippen LogP contribution in [-0.2, 0) is 0 Å². The third kappa shape index (κ3) is 2.17. The van der Waals surface area contributed by atoms with Crippen LogP contribution in [0.4, 0.5) is 0 Å². The van der Waals surface area contributed by atoms with Gasteiger partial charge in [0, 0.05) is 12.6 Å². The molecule has 1 rings (SSSR count). The van der Waals surface area contributed by atoms with Crippen molar-refractivity contribution in [2.75, 3.05) is 13.1 Å². The van der Waals surface area contributed by atoms with Crippen molar-refractivity contribution in [1.29, 1.82) is 0 Å². The second-order valence-corrected chi connectivity index (χ2v) is 3.92. The van der Waals surface area contributed by atoms with Gasteiger partial charge in [-0.25, -0.2) is 0 Å². The maximum atomic E-state index is 9.56. The largest absolute Gasteiger partial charge is 0.392 e. The Morgan fingerprint density at radius 2 is 2.09 bits per heavy atom. The fraction of sp³-hybridized carbons (Fsp3) is 1.00. The second kappa shape index (κ2) is 3.55. The van der Waals surface area contributed by atoms with Crippen LogP contribution in [0.1, 0.15) is 27.2 Å². The molecular formula is C9H19NO. The van der Waals surface area contributed by atoms with E-state index in [1.165, 1.54) is 0 Å². The summed E-state index contributed by atoms with van der Waals surface area (Å²) in [5, 5.41) is 9.56. The number of rotatable bonds is 1. The van der Waals surface area contributed by atoms with Gasteiger partial charge in [0.1, 0.15) is 0 Å². The zero-order chi connectivity index (χ0) is 8.43. The maximum Gasteiger partial charge on any atom is 0.0693 e. The molecule has 0 unspecified atom stereocenters. The molecule has 2 heteroatoms. The van der Waals surface area contributed by atoms with Crippen LogP contribution in [0.15, 0.2) is 0 Å². The van der Waals surface area contributed by atoms with Crippen molar-refractivity contribution in [1.82, 2.24) is 4.90 Å². The molecule has 1 aliphatic rings. The number of aliphatic hydroxyl groups is 1. The van der Waals surface area contributed by atoms with E-state index in [1.807, 2.05) is 0 Å². The topological polar surface area (TPSA) is 23.5 Å². The molecule has 2 atom stereocenters. The van der Waals surface area contributed by atoms with E-state index >= 15 is 0 Å². The van der Waals surface area contributed by atoms with Gasteiger partial charge in [0.05, 0.1) is 6.10 Å². The van der Waals surface area contributed by atoms with Crippen LogP contribution in [0.2, 0.25) is 0 Å². The molecule has 1 fully saturated rings. The summed E-state index contributed by atoms with van der Waals surface area (Å²) in [7, 11) is 0. The molecule has 1 N–H and O–H groups in total. The SMILES string of the molecule is CC(C)N1CC[C@H](C)[C@@H](O)C1. The zero-order valence-electron chi connectivity index (χ0n) is 7.75. The number of nitrogens with zero attached hydrogens (tertiary/aromatic N) is 1. The number of piperidine rings is 1.